The molecule has 5 nitrogen and oxygen atoms in total. The molecule has 0 aliphatic heterocycles. The number of methoxy groups -OCH3 is 1. The number of nitrogens with two attached hydrogens (primary N) is 1. The summed E-state index contributed by atoms with van der Waals surface area (Å²) in [5.74, 6) is -0.147. The minimum absolute atomic E-state index is 0.0206. The number of nitrogens with zero attached hydrogens (tertiary/aromatic N) is 1. The van der Waals surface area contributed by atoms with Gasteiger partial charge in [-0.05, 0) is 6.92 Å². The third-order valence-corrected chi connectivity index (χ3v) is 2.38. The first kappa shape index (κ1) is 14.3. The first-order valence-electron chi connectivity index (χ1n) is 4.62. The normalized spacial score (nSPS) is 12.2. The Hall–Kier alpha value is -0.720. The number of likely N-dealkylation sites (N-methyl/N-ethyl adjacent to an activating group) is 1. The van der Waals surface area contributed by atoms with E-state index in [-0.39, 0.29) is 18.6 Å². The molecule has 0 aromatic rings. The molecule has 0 aromatic carbocycles. The van der Waals surface area contributed by atoms with E-state index in [1.165, 1.54) is 4.90 Å². The number of rotatable bonds is 7. The van der Waals surface area contributed by atoms with Gasteiger partial charge in [-0.2, -0.15) is 0 Å². The van der Waals surface area contributed by atoms with Gasteiger partial charge in [0.05, 0.1) is 24.2 Å². The van der Waals surface area contributed by atoms with Crippen molar-refractivity contribution in [3.05, 3.63) is 0 Å². The molecule has 15 heavy (non-hydrogen) atoms. The van der Waals surface area contributed by atoms with Crippen LogP contribution in [-0.4, -0.2) is 55.8 Å². The molecule has 0 aliphatic carbocycles. The van der Waals surface area contributed by atoms with E-state index < -0.39 is 0 Å². The fourth-order valence-electron chi connectivity index (χ4n) is 0.810. The van der Waals surface area contributed by atoms with Crippen LogP contribution in [0.25, 0.3) is 0 Å². The van der Waals surface area contributed by atoms with E-state index in [9.17, 15) is 4.79 Å². The van der Waals surface area contributed by atoms with Crippen molar-refractivity contribution >= 4 is 23.1 Å². The monoisotopic (exact) mass is 234 g/mol. The molecule has 0 aliphatic rings. The zero-order valence-corrected chi connectivity index (χ0v) is 10.2. The van der Waals surface area contributed by atoms with Crippen molar-refractivity contribution in [1.82, 2.24) is 4.90 Å². The molecule has 0 bridgehead atoms. The van der Waals surface area contributed by atoms with Crippen LogP contribution in [0.1, 0.15) is 6.92 Å². The molecule has 1 atom stereocenters. The van der Waals surface area contributed by atoms with Gasteiger partial charge in [-0.25, -0.2) is 0 Å². The van der Waals surface area contributed by atoms with Gasteiger partial charge < -0.3 is 20.1 Å². The van der Waals surface area contributed by atoms with Crippen LogP contribution < -0.4 is 5.73 Å². The number of carbonyl (C=O) groups excluding carboxylic acids is 1. The minimum Gasteiger partial charge on any atom is -0.392 e. The van der Waals surface area contributed by atoms with Crippen LogP contribution >= 0.6 is 12.2 Å². The summed E-state index contributed by atoms with van der Waals surface area (Å²) in [5, 5.41) is 0. The summed E-state index contributed by atoms with van der Waals surface area (Å²) in [6.07, 6.45) is 0. The molecule has 0 radical (unpaired) electrons. The molecular formula is C9H18N2O3S. The molecule has 0 saturated carbocycles. The summed E-state index contributed by atoms with van der Waals surface area (Å²) in [6.45, 7) is 2.67. The molecule has 0 saturated heterocycles. The second-order valence-corrected chi connectivity index (χ2v) is 3.60. The van der Waals surface area contributed by atoms with Crippen LogP contribution in [0.2, 0.25) is 0 Å². The number of hydrogen-bond acceptors (Lipinski definition) is 4. The smallest absolute Gasteiger partial charge is 0.248 e. The molecule has 0 heterocycles. The topological polar surface area (TPSA) is 64.8 Å². The maximum Gasteiger partial charge on any atom is 0.248 e. The van der Waals surface area contributed by atoms with Crippen molar-refractivity contribution in [2.24, 2.45) is 5.73 Å². The fourth-order valence-corrected chi connectivity index (χ4v) is 0.969. The second kappa shape index (κ2) is 7.56. The van der Waals surface area contributed by atoms with E-state index in [2.05, 4.69) is 0 Å². The summed E-state index contributed by atoms with van der Waals surface area (Å²) in [7, 11) is 3.22. The number of ether oxygens (including phenoxy) is 2. The lowest BCUT2D eigenvalue weighted by molar-refractivity contribution is -0.135. The van der Waals surface area contributed by atoms with Gasteiger partial charge in [0, 0.05) is 14.2 Å². The maximum atomic E-state index is 11.5. The van der Waals surface area contributed by atoms with Gasteiger partial charge in [-0.15, -0.1) is 0 Å². The average molecular weight is 234 g/mol. The summed E-state index contributed by atoms with van der Waals surface area (Å²) in [4.78, 5) is 13.3. The Labute approximate surface area is 95.5 Å². The zero-order chi connectivity index (χ0) is 11.8. The second-order valence-electron chi connectivity index (χ2n) is 3.13. The van der Waals surface area contributed by atoms with Crippen molar-refractivity contribution in [1.29, 1.82) is 0 Å². The lowest BCUT2D eigenvalue weighted by Crippen LogP contribution is -2.44. The third-order valence-electron chi connectivity index (χ3n) is 2.04. The largest absolute Gasteiger partial charge is 0.392 e. The molecule has 1 amide bonds. The van der Waals surface area contributed by atoms with E-state index in [4.69, 9.17) is 27.4 Å². The zero-order valence-electron chi connectivity index (χ0n) is 9.36. The standard InChI is InChI=1S/C9H18N2O3S/c1-7(9(10)15)11(2)8(12)6-14-5-4-13-3/h7H,4-6H2,1-3H3,(H2,10,15). The average Bonchev–Trinajstić information content (AvgIpc) is 2.21. The summed E-state index contributed by atoms with van der Waals surface area (Å²) in [6, 6.07) is -0.251. The fraction of sp³-hybridized carbons (Fsp3) is 0.778. The molecule has 0 fully saturated rings. The Morgan fingerprint density at radius 1 is 1.53 bits per heavy atom. The van der Waals surface area contributed by atoms with E-state index in [1.54, 1.807) is 21.1 Å². The molecule has 2 N–H and O–H groups in total. The highest BCUT2D eigenvalue weighted by Crippen LogP contribution is 1.97. The lowest BCUT2D eigenvalue weighted by Gasteiger charge is -2.23. The SMILES string of the molecule is COCCOCC(=O)N(C)C(C)C(N)=S. The van der Waals surface area contributed by atoms with Crippen molar-refractivity contribution in [2.45, 2.75) is 13.0 Å². The molecular weight excluding hydrogens is 216 g/mol. The highest BCUT2D eigenvalue weighted by Gasteiger charge is 2.17. The first-order chi connectivity index (χ1) is 7.00. The summed E-state index contributed by atoms with van der Waals surface area (Å²) < 4.78 is 9.87. The van der Waals surface area contributed by atoms with E-state index in [0.717, 1.165) is 0 Å². The number of amides is 1. The Kier molecular flexibility index (Phi) is 7.19. The van der Waals surface area contributed by atoms with E-state index >= 15 is 0 Å². The predicted octanol–water partition coefficient (Wildman–Crippen LogP) is -0.218. The van der Waals surface area contributed by atoms with Gasteiger partial charge in [0.25, 0.3) is 0 Å². The quantitative estimate of drug-likeness (QED) is 0.487. The van der Waals surface area contributed by atoms with Crippen LogP contribution in [0, 0.1) is 0 Å². The van der Waals surface area contributed by atoms with Crippen molar-refractivity contribution < 1.29 is 14.3 Å². The number of thiocarbonyl (C=S) groups is 1. The Morgan fingerprint density at radius 2 is 2.13 bits per heavy atom. The molecule has 0 spiro atoms. The predicted molar refractivity (Wildman–Crippen MR) is 61.7 cm³/mol. The summed E-state index contributed by atoms with van der Waals surface area (Å²) in [5.41, 5.74) is 5.43. The van der Waals surface area contributed by atoms with Crippen molar-refractivity contribution in [3.8, 4) is 0 Å². The van der Waals surface area contributed by atoms with Crippen LogP contribution in [0.15, 0.2) is 0 Å². The van der Waals surface area contributed by atoms with Gasteiger partial charge in [0.1, 0.15) is 6.61 Å². The Balaban J connectivity index is 3.84. The third kappa shape index (κ3) is 5.66. The van der Waals surface area contributed by atoms with E-state index in [1.807, 2.05) is 0 Å². The molecule has 0 rings (SSSR count). The van der Waals surface area contributed by atoms with Crippen LogP contribution in [-0.2, 0) is 14.3 Å². The lowest BCUT2D eigenvalue weighted by atomic mass is 10.3. The highest BCUT2D eigenvalue weighted by molar-refractivity contribution is 7.80. The Morgan fingerprint density at radius 3 is 2.60 bits per heavy atom. The first-order valence-corrected chi connectivity index (χ1v) is 5.03. The minimum atomic E-state index is -0.251. The molecule has 6 heteroatoms. The Bertz CT molecular complexity index is 223. The summed E-state index contributed by atoms with van der Waals surface area (Å²) >= 11 is 4.79. The van der Waals surface area contributed by atoms with Gasteiger partial charge in [0.2, 0.25) is 5.91 Å². The van der Waals surface area contributed by atoms with Crippen molar-refractivity contribution in [3.63, 3.8) is 0 Å². The van der Waals surface area contributed by atoms with Gasteiger partial charge in [-0.1, -0.05) is 12.2 Å². The van der Waals surface area contributed by atoms with Gasteiger partial charge in [-0.3, -0.25) is 4.79 Å². The molecule has 88 valence electrons. The molecule has 0 aromatic heterocycles. The van der Waals surface area contributed by atoms with E-state index in [0.29, 0.717) is 18.2 Å². The van der Waals surface area contributed by atoms with Gasteiger partial charge >= 0.3 is 0 Å². The van der Waals surface area contributed by atoms with Crippen LogP contribution in [0.3, 0.4) is 0 Å². The molecule has 1 unspecified atom stereocenters. The van der Waals surface area contributed by atoms with Crippen molar-refractivity contribution in [2.75, 3.05) is 34.0 Å². The van der Waals surface area contributed by atoms with Crippen LogP contribution in [0.5, 0.6) is 0 Å². The van der Waals surface area contributed by atoms with Crippen LogP contribution in [0.4, 0.5) is 0 Å². The maximum absolute atomic E-state index is 11.5. The number of carbonyl (C=O) groups is 1. The number of hydrogen-bond donors (Lipinski definition) is 1. The van der Waals surface area contributed by atoms with Gasteiger partial charge in [0.15, 0.2) is 0 Å². The highest BCUT2D eigenvalue weighted by atomic mass is 32.1.